The molecule has 0 aliphatic carbocycles. The number of benzene rings is 1. The summed E-state index contributed by atoms with van der Waals surface area (Å²) < 4.78 is 5.34. The zero-order valence-corrected chi connectivity index (χ0v) is 16.7. The molecule has 2 aliphatic rings. The van der Waals surface area contributed by atoms with Gasteiger partial charge >= 0.3 is 0 Å². The average Bonchev–Trinajstić information content (AvgIpc) is 2.80. The standard InChI is InChI=1S/C22H28N4O3/c27-16-17-3-5-18(6-4-17)20-12-23-13-21(24-20)19-2-1-7-25(14-19)15-22(28)26-8-10-29-11-9-26/h3-6,12-13,19,27H,1-2,7-11,14-16H2. The number of aromatic nitrogens is 2. The van der Waals surface area contributed by atoms with Crippen molar-refractivity contribution in [2.24, 2.45) is 0 Å². The minimum Gasteiger partial charge on any atom is -0.392 e. The Kier molecular flexibility index (Phi) is 6.49. The van der Waals surface area contributed by atoms with Gasteiger partial charge in [0, 0.05) is 37.3 Å². The molecule has 29 heavy (non-hydrogen) atoms. The van der Waals surface area contributed by atoms with Gasteiger partial charge in [-0.3, -0.25) is 14.7 Å². The highest BCUT2D eigenvalue weighted by Gasteiger charge is 2.26. The van der Waals surface area contributed by atoms with Crippen molar-refractivity contribution in [3.05, 3.63) is 47.9 Å². The molecule has 0 saturated carbocycles. The Labute approximate surface area is 171 Å². The number of piperidine rings is 1. The summed E-state index contributed by atoms with van der Waals surface area (Å²) in [5, 5.41) is 9.22. The number of carbonyl (C=O) groups is 1. The average molecular weight is 396 g/mol. The van der Waals surface area contributed by atoms with Crippen LogP contribution >= 0.6 is 0 Å². The maximum absolute atomic E-state index is 12.6. The van der Waals surface area contributed by atoms with E-state index in [1.165, 1.54) is 0 Å². The number of rotatable bonds is 5. The third-order valence-corrected chi connectivity index (χ3v) is 5.73. The highest BCUT2D eigenvalue weighted by molar-refractivity contribution is 5.78. The van der Waals surface area contributed by atoms with Gasteiger partial charge in [0.2, 0.25) is 5.91 Å². The van der Waals surface area contributed by atoms with Gasteiger partial charge in [0.1, 0.15) is 0 Å². The van der Waals surface area contributed by atoms with Crippen molar-refractivity contribution >= 4 is 5.91 Å². The number of nitrogens with zero attached hydrogens (tertiary/aromatic N) is 4. The van der Waals surface area contributed by atoms with E-state index in [2.05, 4.69) is 9.88 Å². The molecule has 7 heteroatoms. The van der Waals surface area contributed by atoms with Gasteiger partial charge in [0.05, 0.1) is 44.0 Å². The van der Waals surface area contributed by atoms with Crippen molar-refractivity contribution in [2.45, 2.75) is 25.4 Å². The first-order valence-electron chi connectivity index (χ1n) is 10.3. The lowest BCUT2D eigenvalue weighted by Crippen LogP contribution is -2.47. The second-order valence-corrected chi connectivity index (χ2v) is 7.75. The number of carbonyl (C=O) groups excluding carboxylic acids is 1. The monoisotopic (exact) mass is 396 g/mol. The molecular weight excluding hydrogens is 368 g/mol. The van der Waals surface area contributed by atoms with Crippen LogP contribution in [-0.4, -0.2) is 76.7 Å². The van der Waals surface area contributed by atoms with Crippen LogP contribution in [0.4, 0.5) is 0 Å². The first-order valence-corrected chi connectivity index (χ1v) is 10.3. The molecule has 1 aromatic heterocycles. The number of likely N-dealkylation sites (tertiary alicyclic amines) is 1. The summed E-state index contributed by atoms with van der Waals surface area (Å²) in [6, 6.07) is 7.74. The van der Waals surface area contributed by atoms with Gasteiger partial charge in [-0.05, 0) is 24.9 Å². The lowest BCUT2D eigenvalue weighted by Gasteiger charge is -2.34. The molecule has 2 fully saturated rings. The molecule has 1 amide bonds. The van der Waals surface area contributed by atoms with Crippen molar-refractivity contribution in [3.63, 3.8) is 0 Å². The minimum atomic E-state index is 0.0348. The molecule has 4 rings (SSSR count). The Hall–Kier alpha value is -2.35. The molecule has 1 N–H and O–H groups in total. The normalized spacial score (nSPS) is 20.6. The van der Waals surface area contributed by atoms with E-state index < -0.39 is 0 Å². The lowest BCUT2D eigenvalue weighted by atomic mass is 9.94. The van der Waals surface area contributed by atoms with Gasteiger partial charge < -0.3 is 14.7 Å². The number of hydrogen-bond donors (Lipinski definition) is 1. The summed E-state index contributed by atoms with van der Waals surface area (Å²) in [7, 11) is 0. The predicted octanol–water partition coefficient (Wildman–Crippen LogP) is 1.67. The van der Waals surface area contributed by atoms with Crippen molar-refractivity contribution in [1.29, 1.82) is 0 Å². The Morgan fingerprint density at radius 3 is 2.69 bits per heavy atom. The van der Waals surface area contributed by atoms with Crippen molar-refractivity contribution in [3.8, 4) is 11.3 Å². The van der Waals surface area contributed by atoms with Gasteiger partial charge in [-0.2, -0.15) is 0 Å². The van der Waals surface area contributed by atoms with Crippen molar-refractivity contribution < 1.29 is 14.6 Å². The second-order valence-electron chi connectivity index (χ2n) is 7.75. The van der Waals surface area contributed by atoms with E-state index in [0.29, 0.717) is 32.8 Å². The van der Waals surface area contributed by atoms with E-state index >= 15 is 0 Å². The SMILES string of the molecule is O=C(CN1CCCC(c2cncc(-c3ccc(CO)cc3)n2)C1)N1CCOCC1. The molecule has 0 radical (unpaired) electrons. The van der Waals surface area contributed by atoms with Gasteiger partial charge in [-0.15, -0.1) is 0 Å². The minimum absolute atomic E-state index is 0.0348. The smallest absolute Gasteiger partial charge is 0.236 e. The van der Waals surface area contributed by atoms with Crippen LogP contribution in [0.5, 0.6) is 0 Å². The fourth-order valence-corrected chi connectivity index (χ4v) is 4.04. The van der Waals surface area contributed by atoms with E-state index in [-0.39, 0.29) is 18.4 Å². The highest BCUT2D eigenvalue weighted by atomic mass is 16.5. The van der Waals surface area contributed by atoms with Crippen LogP contribution in [0.1, 0.15) is 30.0 Å². The Morgan fingerprint density at radius 1 is 1.14 bits per heavy atom. The summed E-state index contributed by atoms with van der Waals surface area (Å²) in [6.45, 7) is 4.93. The number of ether oxygens (including phenoxy) is 1. The fourth-order valence-electron chi connectivity index (χ4n) is 4.04. The van der Waals surface area contributed by atoms with Crippen LogP contribution in [0, 0.1) is 0 Å². The molecule has 1 aromatic carbocycles. The van der Waals surface area contributed by atoms with Crippen LogP contribution in [0.25, 0.3) is 11.3 Å². The molecule has 1 atom stereocenters. The zero-order valence-electron chi connectivity index (χ0n) is 16.7. The van der Waals surface area contributed by atoms with E-state index in [4.69, 9.17) is 9.72 Å². The topological polar surface area (TPSA) is 78.8 Å². The predicted molar refractivity (Wildman–Crippen MR) is 109 cm³/mol. The highest BCUT2D eigenvalue weighted by Crippen LogP contribution is 2.27. The Balaban J connectivity index is 1.41. The number of morpholine rings is 1. The summed E-state index contributed by atoms with van der Waals surface area (Å²) >= 11 is 0. The first-order chi connectivity index (χ1) is 14.2. The quantitative estimate of drug-likeness (QED) is 0.828. The number of amides is 1. The summed E-state index contributed by atoms with van der Waals surface area (Å²) in [5.41, 5.74) is 3.70. The van der Waals surface area contributed by atoms with Crippen LogP contribution in [0.3, 0.4) is 0 Å². The fraction of sp³-hybridized carbons (Fsp3) is 0.500. The van der Waals surface area contributed by atoms with E-state index in [1.54, 1.807) is 6.20 Å². The van der Waals surface area contributed by atoms with E-state index in [9.17, 15) is 9.90 Å². The van der Waals surface area contributed by atoms with Gasteiger partial charge in [-0.1, -0.05) is 24.3 Å². The molecule has 1 unspecified atom stereocenters. The molecule has 2 saturated heterocycles. The summed E-state index contributed by atoms with van der Waals surface area (Å²) in [6.07, 6.45) is 5.74. The number of aliphatic hydroxyl groups is 1. The molecule has 154 valence electrons. The molecular formula is C22H28N4O3. The summed E-state index contributed by atoms with van der Waals surface area (Å²) in [5.74, 6) is 0.475. The molecule has 2 aromatic rings. The largest absolute Gasteiger partial charge is 0.392 e. The van der Waals surface area contributed by atoms with E-state index in [0.717, 1.165) is 48.4 Å². The van der Waals surface area contributed by atoms with Crippen molar-refractivity contribution in [2.75, 3.05) is 45.9 Å². The molecule has 2 aliphatic heterocycles. The van der Waals surface area contributed by atoms with Crippen LogP contribution in [-0.2, 0) is 16.1 Å². The zero-order chi connectivity index (χ0) is 20.1. The molecule has 7 nitrogen and oxygen atoms in total. The molecule has 3 heterocycles. The number of aliphatic hydroxyl groups excluding tert-OH is 1. The third kappa shape index (κ3) is 4.98. The van der Waals surface area contributed by atoms with Crippen LogP contribution < -0.4 is 0 Å². The first kappa shape index (κ1) is 19.9. The van der Waals surface area contributed by atoms with Gasteiger partial charge in [0.15, 0.2) is 0 Å². The van der Waals surface area contributed by atoms with Gasteiger partial charge in [-0.25, -0.2) is 4.98 Å². The maximum Gasteiger partial charge on any atom is 0.236 e. The summed E-state index contributed by atoms with van der Waals surface area (Å²) in [4.78, 5) is 26.0. The Bertz CT molecular complexity index is 821. The van der Waals surface area contributed by atoms with E-state index in [1.807, 2.05) is 35.4 Å². The van der Waals surface area contributed by atoms with Crippen molar-refractivity contribution in [1.82, 2.24) is 19.8 Å². The van der Waals surface area contributed by atoms with Gasteiger partial charge in [0.25, 0.3) is 0 Å². The number of hydrogen-bond acceptors (Lipinski definition) is 6. The van der Waals surface area contributed by atoms with Crippen LogP contribution in [0.2, 0.25) is 0 Å². The molecule has 0 spiro atoms. The third-order valence-electron chi connectivity index (χ3n) is 5.73. The molecule has 0 bridgehead atoms. The second kappa shape index (κ2) is 9.43. The lowest BCUT2D eigenvalue weighted by molar-refractivity contribution is -0.136. The van der Waals surface area contributed by atoms with Crippen LogP contribution in [0.15, 0.2) is 36.7 Å². The maximum atomic E-state index is 12.6. The Morgan fingerprint density at radius 2 is 1.93 bits per heavy atom.